The first-order valence-corrected chi connectivity index (χ1v) is 9.75. The Kier molecular flexibility index (Phi) is 6.94. The summed E-state index contributed by atoms with van der Waals surface area (Å²) >= 11 is 0. The molecule has 0 fully saturated rings. The number of hydrogen-bond donors (Lipinski definition) is 2. The quantitative estimate of drug-likeness (QED) is 0.516. The number of amides is 2. The maximum Gasteiger partial charge on any atom is 0.273 e. The Morgan fingerprint density at radius 1 is 1.03 bits per heavy atom. The van der Waals surface area contributed by atoms with E-state index in [0.29, 0.717) is 24.8 Å². The molecule has 152 valence electrons. The van der Waals surface area contributed by atoms with Gasteiger partial charge < -0.3 is 11.1 Å². The van der Waals surface area contributed by atoms with Crippen molar-refractivity contribution in [3.63, 3.8) is 0 Å². The molecule has 2 amide bonds. The Labute approximate surface area is 168 Å². The molecule has 1 aromatic heterocycles. The second-order valence-electron chi connectivity index (χ2n) is 6.96. The summed E-state index contributed by atoms with van der Waals surface area (Å²) < 4.78 is 14.1. The Hall–Kier alpha value is -3.22. The molecule has 3 rings (SSSR count). The van der Waals surface area contributed by atoms with E-state index in [-0.39, 0.29) is 12.4 Å². The number of benzene rings is 2. The molecule has 2 aromatic carbocycles. The average Bonchev–Trinajstić information content (AvgIpc) is 3.10. The van der Waals surface area contributed by atoms with Crippen molar-refractivity contribution in [1.29, 1.82) is 0 Å². The van der Waals surface area contributed by atoms with E-state index in [1.165, 1.54) is 0 Å². The highest BCUT2D eigenvalue weighted by Crippen LogP contribution is 2.19. The zero-order valence-corrected chi connectivity index (χ0v) is 16.2. The number of para-hydroxylation sites is 1. The molecule has 1 atom stereocenters. The van der Waals surface area contributed by atoms with E-state index in [0.717, 1.165) is 23.9 Å². The van der Waals surface area contributed by atoms with E-state index in [1.54, 1.807) is 4.68 Å². The van der Waals surface area contributed by atoms with Crippen molar-refractivity contribution in [1.82, 2.24) is 15.1 Å². The molecule has 3 N–H and O–H groups in total. The third kappa shape index (κ3) is 5.19. The summed E-state index contributed by atoms with van der Waals surface area (Å²) in [6, 6.07) is 16.0. The lowest BCUT2D eigenvalue weighted by atomic mass is 10.1. The summed E-state index contributed by atoms with van der Waals surface area (Å²) in [5, 5.41) is 7.90. The third-order valence-corrected chi connectivity index (χ3v) is 4.81. The van der Waals surface area contributed by atoms with Crippen LogP contribution in [0, 0.1) is 0 Å². The summed E-state index contributed by atoms with van der Waals surface area (Å²) in [4.78, 5) is 24.8. The van der Waals surface area contributed by atoms with Gasteiger partial charge in [0.1, 0.15) is 6.04 Å². The molecule has 0 aliphatic heterocycles. The lowest BCUT2D eigenvalue weighted by molar-refractivity contribution is -0.119. The lowest BCUT2D eigenvalue weighted by Gasteiger charge is -2.15. The standard InChI is InChI=1S/C22H25FN4O2/c23-13-7-2-8-14-27-19-12-6-5-11-17(19)20(26-27)22(29)25-18(21(24)28)15-16-9-3-1-4-10-16/h1,3-6,9-12,18H,2,7-8,13-15H2,(H2,24,28)(H,25,29)/t18-/m1/s1. The number of primary amides is 1. The first-order valence-electron chi connectivity index (χ1n) is 9.75. The Morgan fingerprint density at radius 3 is 2.48 bits per heavy atom. The molecular weight excluding hydrogens is 371 g/mol. The van der Waals surface area contributed by atoms with E-state index in [4.69, 9.17) is 5.73 Å². The van der Waals surface area contributed by atoms with Gasteiger partial charge in [0.25, 0.3) is 5.91 Å². The van der Waals surface area contributed by atoms with Gasteiger partial charge in [-0.05, 0) is 30.9 Å². The molecule has 0 saturated carbocycles. The molecule has 0 spiro atoms. The van der Waals surface area contributed by atoms with Gasteiger partial charge in [-0.1, -0.05) is 48.5 Å². The van der Waals surface area contributed by atoms with Crippen LogP contribution >= 0.6 is 0 Å². The third-order valence-electron chi connectivity index (χ3n) is 4.81. The maximum atomic E-state index is 12.9. The van der Waals surface area contributed by atoms with Crippen LogP contribution in [0.1, 0.15) is 35.3 Å². The zero-order chi connectivity index (χ0) is 20.6. The number of aromatic nitrogens is 2. The largest absolute Gasteiger partial charge is 0.368 e. The molecule has 0 aliphatic rings. The Morgan fingerprint density at radius 2 is 1.76 bits per heavy atom. The molecule has 6 nitrogen and oxygen atoms in total. The highest BCUT2D eigenvalue weighted by Gasteiger charge is 2.23. The van der Waals surface area contributed by atoms with Crippen LogP contribution < -0.4 is 11.1 Å². The summed E-state index contributed by atoms with van der Waals surface area (Å²) in [5.41, 5.74) is 7.50. The van der Waals surface area contributed by atoms with Gasteiger partial charge in [0.2, 0.25) is 5.91 Å². The normalized spacial score (nSPS) is 12.0. The smallest absolute Gasteiger partial charge is 0.273 e. The molecule has 0 unspecified atom stereocenters. The number of nitrogens with two attached hydrogens (primary N) is 1. The van der Waals surface area contributed by atoms with Crippen molar-refractivity contribution in [2.45, 2.75) is 38.3 Å². The fourth-order valence-corrected chi connectivity index (χ4v) is 3.30. The predicted octanol–water partition coefficient (Wildman–Crippen LogP) is 3.00. The fourth-order valence-electron chi connectivity index (χ4n) is 3.30. The molecule has 29 heavy (non-hydrogen) atoms. The number of hydrogen-bond acceptors (Lipinski definition) is 3. The maximum absolute atomic E-state index is 12.9. The summed E-state index contributed by atoms with van der Waals surface area (Å²) in [6.07, 6.45) is 2.36. The van der Waals surface area contributed by atoms with Crippen molar-refractivity contribution >= 4 is 22.7 Å². The number of alkyl halides is 1. The molecule has 7 heteroatoms. The van der Waals surface area contributed by atoms with Crippen molar-refractivity contribution in [2.24, 2.45) is 5.73 Å². The molecule has 0 radical (unpaired) electrons. The molecular formula is C22H25FN4O2. The Balaban J connectivity index is 1.79. The van der Waals surface area contributed by atoms with Crippen molar-refractivity contribution in [2.75, 3.05) is 6.67 Å². The van der Waals surface area contributed by atoms with Crippen LogP contribution in [-0.2, 0) is 17.8 Å². The van der Waals surface area contributed by atoms with Gasteiger partial charge in [0.15, 0.2) is 5.69 Å². The van der Waals surface area contributed by atoms with Crippen LogP contribution in [0.3, 0.4) is 0 Å². The molecule has 0 saturated heterocycles. The monoisotopic (exact) mass is 396 g/mol. The van der Waals surface area contributed by atoms with Crippen LogP contribution in [0.2, 0.25) is 0 Å². The molecule has 0 aliphatic carbocycles. The first kappa shape index (κ1) is 20.5. The minimum absolute atomic E-state index is 0.255. The number of fused-ring (bicyclic) bond motifs is 1. The average molecular weight is 396 g/mol. The van der Waals surface area contributed by atoms with E-state index in [1.807, 2.05) is 54.6 Å². The van der Waals surface area contributed by atoms with Crippen LogP contribution in [0.15, 0.2) is 54.6 Å². The molecule has 0 bridgehead atoms. The van der Waals surface area contributed by atoms with Gasteiger partial charge >= 0.3 is 0 Å². The van der Waals surface area contributed by atoms with Gasteiger partial charge in [-0.2, -0.15) is 5.10 Å². The van der Waals surface area contributed by atoms with E-state index < -0.39 is 17.9 Å². The molecule has 3 aromatic rings. The van der Waals surface area contributed by atoms with Crippen LogP contribution in [-0.4, -0.2) is 34.3 Å². The summed E-state index contributed by atoms with van der Waals surface area (Å²) in [6.45, 7) is 0.264. The zero-order valence-electron chi connectivity index (χ0n) is 16.2. The minimum Gasteiger partial charge on any atom is -0.368 e. The highest BCUT2D eigenvalue weighted by atomic mass is 19.1. The highest BCUT2D eigenvalue weighted by molar-refractivity contribution is 6.06. The number of aryl methyl sites for hydroxylation is 1. The van der Waals surface area contributed by atoms with E-state index in [9.17, 15) is 14.0 Å². The van der Waals surface area contributed by atoms with Crippen LogP contribution in [0.25, 0.3) is 10.9 Å². The SMILES string of the molecule is NC(=O)[C@@H](Cc1ccccc1)NC(=O)c1nn(CCCCCF)c2ccccc12. The van der Waals surface area contributed by atoms with Gasteiger partial charge in [-0.15, -0.1) is 0 Å². The second-order valence-corrected chi connectivity index (χ2v) is 6.96. The fraction of sp³-hybridized carbons (Fsp3) is 0.318. The van der Waals surface area contributed by atoms with Gasteiger partial charge in [-0.25, -0.2) is 0 Å². The van der Waals surface area contributed by atoms with E-state index >= 15 is 0 Å². The topological polar surface area (TPSA) is 90.0 Å². The van der Waals surface area contributed by atoms with E-state index in [2.05, 4.69) is 10.4 Å². The van der Waals surface area contributed by atoms with Crippen LogP contribution in [0.5, 0.6) is 0 Å². The van der Waals surface area contributed by atoms with Crippen LogP contribution in [0.4, 0.5) is 4.39 Å². The second kappa shape index (κ2) is 9.82. The summed E-state index contributed by atoms with van der Waals surface area (Å²) in [5.74, 6) is -1.04. The van der Waals surface area contributed by atoms with Crippen molar-refractivity contribution in [3.8, 4) is 0 Å². The van der Waals surface area contributed by atoms with Gasteiger partial charge in [-0.3, -0.25) is 18.7 Å². The van der Waals surface area contributed by atoms with Crippen molar-refractivity contribution < 1.29 is 14.0 Å². The number of halogens is 1. The first-order chi connectivity index (χ1) is 14.1. The number of nitrogens with one attached hydrogen (secondary N) is 1. The number of carbonyl (C=O) groups is 2. The number of rotatable bonds is 10. The van der Waals surface area contributed by atoms with Crippen molar-refractivity contribution in [3.05, 3.63) is 65.9 Å². The number of nitrogens with zero attached hydrogens (tertiary/aromatic N) is 2. The molecule has 1 heterocycles. The number of unbranched alkanes of at least 4 members (excludes halogenated alkanes) is 2. The minimum atomic E-state index is -0.835. The number of carbonyl (C=O) groups excluding carboxylic acids is 2. The van der Waals surface area contributed by atoms with Gasteiger partial charge in [0, 0.05) is 18.4 Å². The summed E-state index contributed by atoms with van der Waals surface area (Å²) in [7, 11) is 0. The predicted molar refractivity (Wildman–Crippen MR) is 110 cm³/mol. The lowest BCUT2D eigenvalue weighted by Crippen LogP contribution is -2.46. The Bertz CT molecular complexity index is 971. The van der Waals surface area contributed by atoms with Gasteiger partial charge in [0.05, 0.1) is 12.2 Å².